The van der Waals surface area contributed by atoms with E-state index >= 15 is 0 Å². The number of nitrogens with zero attached hydrogens (tertiary/aromatic N) is 6. The lowest BCUT2D eigenvalue weighted by atomic mass is 9.98. The average molecular weight is 472 g/mol. The molecule has 0 bridgehead atoms. The first kappa shape index (κ1) is 21.9. The molecular weight excluding hydrogens is 450 g/mol. The van der Waals surface area contributed by atoms with Crippen LogP contribution in [0.5, 0.6) is 0 Å². The van der Waals surface area contributed by atoms with E-state index in [1.54, 1.807) is 0 Å². The lowest BCUT2D eigenvalue weighted by Gasteiger charge is -2.16. The number of pyridine rings is 1. The third kappa shape index (κ3) is 4.08. The van der Waals surface area contributed by atoms with E-state index in [9.17, 15) is 4.79 Å². The Morgan fingerprint density at radius 2 is 1.85 bits per heavy atom. The molecule has 0 aliphatic heterocycles. The number of carbonyl (C=O) groups is 1. The van der Waals surface area contributed by atoms with Crippen molar-refractivity contribution in [3.63, 3.8) is 0 Å². The normalized spacial score (nSPS) is 11.2. The summed E-state index contributed by atoms with van der Waals surface area (Å²) < 4.78 is 1.90. The van der Waals surface area contributed by atoms with Crippen molar-refractivity contribution in [3.8, 4) is 22.6 Å². The Bertz CT molecular complexity index is 1460. The second-order valence-corrected chi connectivity index (χ2v) is 8.34. The van der Waals surface area contributed by atoms with E-state index in [-0.39, 0.29) is 5.15 Å². The van der Waals surface area contributed by atoms with Crippen molar-refractivity contribution < 1.29 is 4.79 Å². The Kier molecular flexibility index (Phi) is 6.14. The predicted molar refractivity (Wildman–Crippen MR) is 131 cm³/mol. The van der Waals surface area contributed by atoms with Gasteiger partial charge in [-0.15, -0.1) is 10.2 Å². The largest absolute Gasteiger partial charge is 0.320 e. The summed E-state index contributed by atoms with van der Waals surface area (Å²) in [6.07, 6.45) is 3.48. The van der Waals surface area contributed by atoms with Crippen molar-refractivity contribution in [2.24, 2.45) is 0 Å². The lowest BCUT2D eigenvalue weighted by Crippen LogP contribution is -2.10. The number of aromatic nitrogens is 7. The Labute approximate surface area is 201 Å². The third-order valence-electron chi connectivity index (χ3n) is 5.81. The minimum Gasteiger partial charge on any atom is -0.320 e. The molecule has 8 nitrogen and oxygen atoms in total. The molecule has 34 heavy (non-hydrogen) atoms. The van der Waals surface area contributed by atoms with Crippen LogP contribution in [0.15, 0.2) is 54.6 Å². The Balaban J connectivity index is 1.71. The first-order valence-electron chi connectivity index (χ1n) is 11.1. The highest BCUT2D eigenvalue weighted by atomic mass is 35.5. The highest BCUT2D eigenvalue weighted by Gasteiger charge is 2.20. The van der Waals surface area contributed by atoms with E-state index in [1.165, 1.54) is 0 Å². The van der Waals surface area contributed by atoms with Crippen LogP contribution in [0.25, 0.3) is 33.5 Å². The van der Waals surface area contributed by atoms with Crippen molar-refractivity contribution >= 4 is 28.8 Å². The second-order valence-electron chi connectivity index (χ2n) is 7.98. The van der Waals surface area contributed by atoms with Crippen LogP contribution in [0.3, 0.4) is 0 Å². The van der Waals surface area contributed by atoms with E-state index in [0.29, 0.717) is 18.1 Å². The van der Waals surface area contributed by atoms with Crippen molar-refractivity contribution in [1.82, 2.24) is 35.2 Å². The van der Waals surface area contributed by atoms with E-state index in [2.05, 4.69) is 38.6 Å². The first-order chi connectivity index (χ1) is 16.7. The number of rotatable bonds is 8. The summed E-state index contributed by atoms with van der Waals surface area (Å²) >= 11 is 6.33. The quantitative estimate of drug-likeness (QED) is 0.314. The van der Waals surface area contributed by atoms with Crippen LogP contribution in [-0.4, -0.2) is 41.4 Å². The van der Waals surface area contributed by atoms with Gasteiger partial charge in [-0.2, -0.15) is 5.21 Å². The molecule has 0 amide bonds. The zero-order chi connectivity index (χ0) is 23.5. The number of aryl methyl sites for hydroxylation is 1. The highest BCUT2D eigenvalue weighted by molar-refractivity contribution is 6.31. The Hall–Kier alpha value is -3.91. The van der Waals surface area contributed by atoms with Crippen molar-refractivity contribution in [2.75, 3.05) is 0 Å². The van der Waals surface area contributed by atoms with Crippen LogP contribution in [0.4, 0.5) is 0 Å². The first-order valence-corrected chi connectivity index (χ1v) is 11.5. The number of benzene rings is 2. The van der Waals surface area contributed by atoms with E-state index in [0.717, 1.165) is 64.7 Å². The van der Waals surface area contributed by atoms with Gasteiger partial charge >= 0.3 is 0 Å². The molecule has 0 unspecified atom stereocenters. The number of tetrazole rings is 1. The van der Waals surface area contributed by atoms with E-state index < -0.39 is 0 Å². The molecule has 5 aromatic rings. The lowest BCUT2D eigenvalue weighted by molar-refractivity contribution is 0.111. The summed E-state index contributed by atoms with van der Waals surface area (Å²) in [6.45, 7) is 2.52. The van der Waals surface area contributed by atoms with Gasteiger partial charge in [0, 0.05) is 22.9 Å². The molecule has 0 saturated carbocycles. The number of imidazole rings is 1. The molecule has 3 heterocycles. The van der Waals surface area contributed by atoms with Gasteiger partial charge in [0.15, 0.2) is 11.4 Å². The maximum absolute atomic E-state index is 11.9. The van der Waals surface area contributed by atoms with E-state index in [4.69, 9.17) is 16.6 Å². The number of halogens is 1. The molecule has 0 spiro atoms. The van der Waals surface area contributed by atoms with Crippen molar-refractivity contribution in [3.05, 3.63) is 76.8 Å². The molecule has 2 aromatic carbocycles. The number of hydrogen-bond acceptors (Lipinski definition) is 6. The molecule has 9 heteroatoms. The Morgan fingerprint density at radius 1 is 1.06 bits per heavy atom. The number of carbonyl (C=O) groups excluding carboxylic acids is 1. The molecule has 5 rings (SSSR count). The number of nitrogens with one attached hydrogen (secondary N) is 1. The fourth-order valence-corrected chi connectivity index (χ4v) is 4.38. The van der Waals surface area contributed by atoms with Gasteiger partial charge < -0.3 is 4.57 Å². The van der Waals surface area contributed by atoms with Crippen molar-refractivity contribution in [2.45, 2.75) is 32.7 Å². The number of unbranched alkanes of at least 4 members (excludes halogenated alkanes) is 1. The van der Waals surface area contributed by atoms with Gasteiger partial charge in [-0.05, 0) is 29.3 Å². The van der Waals surface area contributed by atoms with Gasteiger partial charge in [0.1, 0.15) is 11.5 Å². The number of aldehydes is 1. The molecule has 0 radical (unpaired) electrons. The van der Waals surface area contributed by atoms with Gasteiger partial charge in [-0.1, -0.05) is 67.4 Å². The number of hydrogen-bond donors (Lipinski definition) is 1. The topological polar surface area (TPSA) is 102 Å². The molecule has 170 valence electrons. The zero-order valence-electron chi connectivity index (χ0n) is 18.6. The zero-order valence-corrected chi connectivity index (χ0v) is 19.3. The monoisotopic (exact) mass is 471 g/mol. The van der Waals surface area contributed by atoms with Crippen LogP contribution in [-0.2, 0) is 13.0 Å². The summed E-state index contributed by atoms with van der Waals surface area (Å²) in [6, 6.07) is 17.9. The van der Waals surface area contributed by atoms with E-state index in [1.807, 2.05) is 53.1 Å². The van der Waals surface area contributed by atoms with Crippen LogP contribution in [0.2, 0.25) is 5.15 Å². The fraction of sp³-hybridized carbons (Fsp3) is 0.200. The van der Waals surface area contributed by atoms with Crippen LogP contribution < -0.4 is 0 Å². The molecule has 0 fully saturated rings. The standard InChI is InChI=1S/C25H22ClN7O/c1-2-3-12-22-28-24(26)21(15-34)33(22)14-17-13-16-8-4-7-11-20(16)27-23(17)18-9-5-6-10-19(18)25-29-31-32-30-25/h4-11,13,15H,2-3,12,14H2,1H3,(H,29,30,31,32). The average Bonchev–Trinajstić information content (AvgIpc) is 3.50. The number of aromatic amines is 1. The van der Waals surface area contributed by atoms with Crippen LogP contribution in [0, 0.1) is 0 Å². The molecule has 0 atom stereocenters. The fourth-order valence-electron chi connectivity index (χ4n) is 4.14. The number of para-hydroxylation sites is 1. The highest BCUT2D eigenvalue weighted by Crippen LogP contribution is 2.33. The summed E-state index contributed by atoms with van der Waals surface area (Å²) in [5.41, 5.74) is 4.64. The minimum atomic E-state index is 0.226. The van der Waals surface area contributed by atoms with Crippen LogP contribution in [0.1, 0.15) is 41.6 Å². The van der Waals surface area contributed by atoms with Gasteiger partial charge in [-0.3, -0.25) is 4.79 Å². The molecule has 0 aliphatic rings. The van der Waals surface area contributed by atoms with Gasteiger partial charge in [0.05, 0.1) is 17.8 Å². The molecule has 0 saturated heterocycles. The molecule has 0 aliphatic carbocycles. The summed E-state index contributed by atoms with van der Waals surface area (Å²) in [7, 11) is 0. The third-order valence-corrected chi connectivity index (χ3v) is 6.08. The molecule has 3 aromatic heterocycles. The molecular formula is C25H22ClN7O. The van der Waals surface area contributed by atoms with Crippen LogP contribution >= 0.6 is 11.6 Å². The minimum absolute atomic E-state index is 0.226. The SMILES string of the molecule is CCCCc1nc(Cl)c(C=O)n1Cc1cc2ccccc2nc1-c1ccccc1-c1nn[nH]n1. The van der Waals surface area contributed by atoms with Crippen molar-refractivity contribution in [1.29, 1.82) is 0 Å². The summed E-state index contributed by atoms with van der Waals surface area (Å²) in [5, 5.41) is 15.8. The number of H-pyrrole nitrogens is 1. The summed E-state index contributed by atoms with van der Waals surface area (Å²) in [4.78, 5) is 21.4. The molecule has 1 N–H and O–H groups in total. The summed E-state index contributed by atoms with van der Waals surface area (Å²) in [5.74, 6) is 1.28. The smallest absolute Gasteiger partial charge is 0.205 e. The van der Waals surface area contributed by atoms with Gasteiger partial charge in [-0.25, -0.2) is 9.97 Å². The van der Waals surface area contributed by atoms with Gasteiger partial charge in [0.25, 0.3) is 0 Å². The Morgan fingerprint density at radius 3 is 2.62 bits per heavy atom. The second kappa shape index (κ2) is 9.52. The maximum Gasteiger partial charge on any atom is 0.205 e. The predicted octanol–water partition coefficient (Wildman–Crippen LogP) is 5.14. The van der Waals surface area contributed by atoms with Gasteiger partial charge in [0.2, 0.25) is 5.82 Å². The number of fused-ring (bicyclic) bond motifs is 1. The maximum atomic E-state index is 11.9.